The van der Waals surface area contributed by atoms with Gasteiger partial charge in [-0.3, -0.25) is 10.1 Å². The summed E-state index contributed by atoms with van der Waals surface area (Å²) in [5.74, 6) is -0.548. The summed E-state index contributed by atoms with van der Waals surface area (Å²) in [5, 5.41) is 21.4. The molecule has 1 aromatic carbocycles. The van der Waals surface area contributed by atoms with E-state index in [1.54, 1.807) is 18.5 Å². The van der Waals surface area contributed by atoms with Gasteiger partial charge in [-0.15, -0.1) is 0 Å². The maximum absolute atomic E-state index is 11.4. The Kier molecular flexibility index (Phi) is 3.70. The number of H-pyrrole nitrogens is 1. The van der Waals surface area contributed by atoms with E-state index in [4.69, 9.17) is 11.6 Å². The van der Waals surface area contributed by atoms with Crippen LogP contribution in [0.3, 0.4) is 0 Å². The Morgan fingerprint density at radius 3 is 2.92 bits per heavy atom. The summed E-state index contributed by atoms with van der Waals surface area (Å²) in [4.78, 5) is 20.0. The molecule has 0 fully saturated rings. The first-order chi connectivity index (χ1) is 12.1. The number of pyridine rings is 2. The molecule has 3 heterocycles. The second-order valence-corrected chi connectivity index (χ2v) is 5.90. The van der Waals surface area contributed by atoms with Crippen molar-refractivity contribution in [2.75, 3.05) is 5.32 Å². The van der Waals surface area contributed by atoms with Crippen molar-refractivity contribution >= 4 is 45.2 Å². The summed E-state index contributed by atoms with van der Waals surface area (Å²) in [5.41, 5.74) is 1.71. The van der Waals surface area contributed by atoms with E-state index in [2.05, 4.69) is 25.5 Å². The number of aromatic nitrogens is 4. The van der Waals surface area contributed by atoms with Gasteiger partial charge in [-0.2, -0.15) is 5.10 Å². The molecule has 25 heavy (non-hydrogen) atoms. The molecule has 4 rings (SSSR count). The highest BCUT2D eigenvalue weighted by molar-refractivity contribution is 6.30. The van der Waals surface area contributed by atoms with Crippen LogP contribution in [0.25, 0.3) is 21.8 Å². The number of aromatic carboxylic acids is 1. The zero-order valence-corrected chi connectivity index (χ0v) is 13.6. The first-order valence-corrected chi connectivity index (χ1v) is 7.84. The number of fused-ring (bicyclic) bond motifs is 3. The molecule has 124 valence electrons. The highest BCUT2D eigenvalue weighted by Gasteiger charge is 2.18. The molecule has 0 unspecified atom stereocenters. The van der Waals surface area contributed by atoms with Gasteiger partial charge in [-0.1, -0.05) is 23.7 Å². The Morgan fingerprint density at radius 2 is 2.12 bits per heavy atom. The minimum Gasteiger partial charge on any atom is -0.476 e. The third-order valence-electron chi connectivity index (χ3n) is 3.86. The summed E-state index contributed by atoms with van der Waals surface area (Å²) in [6, 6.07) is 9.30. The number of hydrogen-bond acceptors (Lipinski definition) is 5. The van der Waals surface area contributed by atoms with E-state index >= 15 is 0 Å². The largest absolute Gasteiger partial charge is 0.476 e. The fourth-order valence-corrected chi connectivity index (χ4v) is 2.92. The molecule has 3 N–H and O–H groups in total. The van der Waals surface area contributed by atoms with Crippen LogP contribution in [-0.2, 0) is 6.54 Å². The van der Waals surface area contributed by atoms with Crippen molar-refractivity contribution in [3.8, 4) is 0 Å². The summed E-state index contributed by atoms with van der Waals surface area (Å²) >= 11 is 6.01. The molecular weight excluding hydrogens is 342 g/mol. The van der Waals surface area contributed by atoms with Gasteiger partial charge in [0.05, 0.1) is 0 Å². The highest BCUT2D eigenvalue weighted by atomic mass is 35.5. The van der Waals surface area contributed by atoms with Crippen molar-refractivity contribution in [1.29, 1.82) is 0 Å². The van der Waals surface area contributed by atoms with E-state index in [0.717, 1.165) is 16.3 Å². The van der Waals surface area contributed by atoms with Crippen LogP contribution in [0.5, 0.6) is 0 Å². The average Bonchev–Trinajstić information content (AvgIpc) is 3.04. The van der Waals surface area contributed by atoms with Crippen molar-refractivity contribution in [3.63, 3.8) is 0 Å². The lowest BCUT2D eigenvalue weighted by Gasteiger charge is -2.10. The van der Waals surface area contributed by atoms with Gasteiger partial charge < -0.3 is 10.4 Å². The van der Waals surface area contributed by atoms with Gasteiger partial charge in [-0.25, -0.2) is 9.78 Å². The van der Waals surface area contributed by atoms with Crippen molar-refractivity contribution in [2.45, 2.75) is 6.54 Å². The van der Waals surface area contributed by atoms with Crippen molar-refractivity contribution < 1.29 is 9.90 Å². The van der Waals surface area contributed by atoms with E-state index < -0.39 is 5.97 Å². The molecule has 0 saturated carbocycles. The lowest BCUT2D eigenvalue weighted by Crippen LogP contribution is -2.04. The molecule has 0 aliphatic rings. The molecule has 7 nitrogen and oxygen atoms in total. The lowest BCUT2D eigenvalue weighted by molar-refractivity contribution is 0.0692. The smallest absolute Gasteiger partial charge is 0.356 e. The van der Waals surface area contributed by atoms with E-state index in [-0.39, 0.29) is 5.69 Å². The molecular formula is C17H12ClN5O2. The number of carbonyl (C=O) groups is 1. The zero-order chi connectivity index (χ0) is 17.4. The van der Waals surface area contributed by atoms with Crippen molar-refractivity contribution in [2.24, 2.45) is 0 Å². The molecule has 0 bridgehead atoms. The number of carboxylic acids is 1. The van der Waals surface area contributed by atoms with Gasteiger partial charge in [0.15, 0.2) is 5.69 Å². The van der Waals surface area contributed by atoms with Crippen molar-refractivity contribution in [1.82, 2.24) is 20.2 Å². The molecule has 8 heteroatoms. The SMILES string of the molecule is O=C(O)c1[nH]nc2c1nc(NCc1cccc(Cl)c1)c1ccncc12. The van der Waals surface area contributed by atoms with Crippen LogP contribution in [0.4, 0.5) is 5.82 Å². The highest BCUT2D eigenvalue weighted by Crippen LogP contribution is 2.29. The molecule has 0 amide bonds. The van der Waals surface area contributed by atoms with Gasteiger partial charge in [0, 0.05) is 34.7 Å². The topological polar surface area (TPSA) is 104 Å². The second-order valence-electron chi connectivity index (χ2n) is 5.47. The molecule has 0 spiro atoms. The number of aromatic amines is 1. The maximum Gasteiger partial charge on any atom is 0.356 e. The molecule has 4 aromatic rings. The normalized spacial score (nSPS) is 11.1. The number of anilines is 1. The fourth-order valence-electron chi connectivity index (χ4n) is 2.71. The quantitative estimate of drug-likeness (QED) is 0.519. The lowest BCUT2D eigenvalue weighted by atomic mass is 10.1. The van der Waals surface area contributed by atoms with Gasteiger partial charge >= 0.3 is 5.97 Å². The monoisotopic (exact) mass is 353 g/mol. The van der Waals surface area contributed by atoms with Crippen LogP contribution in [0, 0.1) is 0 Å². The first-order valence-electron chi connectivity index (χ1n) is 7.47. The number of rotatable bonds is 4. The van der Waals surface area contributed by atoms with Crippen LogP contribution >= 0.6 is 11.6 Å². The molecule has 0 radical (unpaired) electrons. The Labute approximate surface area is 146 Å². The minimum atomic E-state index is -1.11. The number of benzene rings is 1. The number of halogens is 1. The Bertz CT molecular complexity index is 1110. The molecule has 0 aliphatic heterocycles. The van der Waals surface area contributed by atoms with Crippen LogP contribution in [0.1, 0.15) is 16.1 Å². The standard InChI is InChI=1S/C17H12ClN5O2/c18-10-3-1-2-9(6-10)7-20-16-11-4-5-19-8-12(11)13-14(21-16)15(17(24)25)23-22-13/h1-6,8H,7H2,(H,20,21)(H,22,23)(H,24,25). The Balaban J connectivity index is 1.83. The number of hydrogen-bond donors (Lipinski definition) is 3. The minimum absolute atomic E-state index is 0.0495. The van der Waals surface area contributed by atoms with Gasteiger partial charge in [-0.05, 0) is 23.8 Å². The fraction of sp³-hybridized carbons (Fsp3) is 0.0588. The maximum atomic E-state index is 11.4. The van der Waals surface area contributed by atoms with E-state index in [9.17, 15) is 9.90 Å². The summed E-state index contributed by atoms with van der Waals surface area (Å²) < 4.78 is 0. The number of nitrogens with one attached hydrogen (secondary N) is 2. The summed E-state index contributed by atoms with van der Waals surface area (Å²) in [6.45, 7) is 0.497. The number of nitrogens with zero attached hydrogens (tertiary/aromatic N) is 3. The predicted octanol–water partition coefficient (Wildman–Crippen LogP) is 3.47. The average molecular weight is 354 g/mol. The summed E-state index contributed by atoms with van der Waals surface area (Å²) in [7, 11) is 0. The van der Waals surface area contributed by atoms with Gasteiger partial charge in [0.1, 0.15) is 16.9 Å². The van der Waals surface area contributed by atoms with Crippen LogP contribution < -0.4 is 5.32 Å². The number of carboxylic acid groups (broad SMARTS) is 1. The first kappa shape index (κ1) is 15.3. The van der Waals surface area contributed by atoms with Gasteiger partial charge in [0.25, 0.3) is 0 Å². The Morgan fingerprint density at radius 1 is 1.24 bits per heavy atom. The van der Waals surface area contributed by atoms with Gasteiger partial charge in [0.2, 0.25) is 0 Å². The molecule has 3 aromatic heterocycles. The zero-order valence-electron chi connectivity index (χ0n) is 12.8. The molecule has 0 saturated heterocycles. The molecule has 0 atom stereocenters. The Hall–Kier alpha value is -3.19. The van der Waals surface area contributed by atoms with Crippen LogP contribution in [-0.4, -0.2) is 31.2 Å². The predicted molar refractivity (Wildman–Crippen MR) is 94.9 cm³/mol. The van der Waals surface area contributed by atoms with Crippen molar-refractivity contribution in [3.05, 3.63) is 59.0 Å². The van der Waals surface area contributed by atoms with Crippen LogP contribution in [0.15, 0.2) is 42.7 Å². The van der Waals surface area contributed by atoms with Crippen LogP contribution in [0.2, 0.25) is 5.02 Å². The third-order valence-corrected chi connectivity index (χ3v) is 4.09. The van der Waals surface area contributed by atoms with E-state index in [0.29, 0.717) is 28.4 Å². The molecule has 0 aliphatic carbocycles. The van der Waals surface area contributed by atoms with E-state index in [1.165, 1.54) is 0 Å². The van der Waals surface area contributed by atoms with E-state index in [1.807, 2.05) is 24.3 Å². The summed E-state index contributed by atoms with van der Waals surface area (Å²) in [6.07, 6.45) is 3.31. The second kappa shape index (κ2) is 6.03. The third kappa shape index (κ3) is 2.74.